The Morgan fingerprint density at radius 2 is 2.06 bits per heavy atom. The molecule has 1 heterocycles. The van der Waals surface area contributed by atoms with E-state index in [9.17, 15) is 14.0 Å². The summed E-state index contributed by atoms with van der Waals surface area (Å²) in [4.78, 5) is 25.1. The third kappa shape index (κ3) is 2.84. The molecule has 0 bridgehead atoms. The Morgan fingerprint density at radius 1 is 1.28 bits per heavy atom. The van der Waals surface area contributed by atoms with Crippen LogP contribution in [0.4, 0.5) is 10.1 Å². The van der Waals surface area contributed by atoms with E-state index in [0.717, 1.165) is 0 Å². The Labute approximate surface area is 110 Å². The molecule has 0 fully saturated rings. The minimum atomic E-state index is -0.399. The number of benzene rings is 1. The molecule has 2 N–H and O–H groups in total. The second kappa shape index (κ2) is 5.14. The molecule has 6 heteroatoms. The monoisotopic (exact) mass is 310 g/mol. The summed E-state index contributed by atoms with van der Waals surface area (Å²) in [5.41, 5.74) is 0.480. The van der Waals surface area contributed by atoms with Gasteiger partial charge in [0.1, 0.15) is 5.82 Å². The molecule has 2 aromatic rings. The van der Waals surface area contributed by atoms with Crippen molar-refractivity contribution in [1.82, 2.24) is 4.98 Å². The topological polar surface area (TPSA) is 62.0 Å². The molecule has 18 heavy (non-hydrogen) atoms. The molecule has 0 aliphatic heterocycles. The van der Waals surface area contributed by atoms with Crippen molar-refractivity contribution in [2.45, 2.75) is 0 Å². The molecule has 0 aliphatic rings. The average molecular weight is 311 g/mol. The van der Waals surface area contributed by atoms with Crippen molar-refractivity contribution in [3.8, 4) is 0 Å². The lowest BCUT2D eigenvalue weighted by Gasteiger charge is -2.07. The third-order valence-corrected chi connectivity index (χ3v) is 2.88. The van der Waals surface area contributed by atoms with Gasteiger partial charge in [-0.3, -0.25) is 9.59 Å². The Balaban J connectivity index is 2.21. The van der Waals surface area contributed by atoms with Crippen LogP contribution >= 0.6 is 15.9 Å². The minimum Gasteiger partial charge on any atom is -0.328 e. The molecule has 0 aliphatic carbocycles. The van der Waals surface area contributed by atoms with Gasteiger partial charge in [-0.2, -0.15) is 0 Å². The van der Waals surface area contributed by atoms with Gasteiger partial charge in [0.05, 0.1) is 11.3 Å². The lowest BCUT2D eigenvalue weighted by Crippen LogP contribution is -2.14. The van der Waals surface area contributed by atoms with Crippen LogP contribution in [-0.4, -0.2) is 10.9 Å². The lowest BCUT2D eigenvalue weighted by molar-refractivity contribution is 0.102. The minimum absolute atomic E-state index is 0.283. The summed E-state index contributed by atoms with van der Waals surface area (Å²) in [7, 11) is 0. The molecule has 0 spiro atoms. The van der Waals surface area contributed by atoms with Gasteiger partial charge in [-0.1, -0.05) is 0 Å². The van der Waals surface area contributed by atoms with Gasteiger partial charge in [0.25, 0.3) is 5.91 Å². The second-order valence-corrected chi connectivity index (χ2v) is 4.37. The van der Waals surface area contributed by atoms with Gasteiger partial charge < -0.3 is 10.3 Å². The highest BCUT2D eigenvalue weighted by Gasteiger charge is 2.08. The van der Waals surface area contributed by atoms with Crippen LogP contribution in [-0.2, 0) is 0 Å². The number of anilines is 1. The molecule has 1 amide bonds. The normalized spacial score (nSPS) is 10.1. The number of rotatable bonds is 2. The highest BCUT2D eigenvalue weighted by Crippen LogP contribution is 2.23. The maximum atomic E-state index is 12.9. The van der Waals surface area contributed by atoms with Crippen LogP contribution < -0.4 is 10.9 Å². The molecule has 0 unspecified atom stereocenters. The van der Waals surface area contributed by atoms with Crippen LogP contribution in [0.1, 0.15) is 10.4 Å². The van der Waals surface area contributed by atoms with E-state index < -0.39 is 11.7 Å². The lowest BCUT2D eigenvalue weighted by atomic mass is 10.2. The van der Waals surface area contributed by atoms with Gasteiger partial charge in [0.15, 0.2) is 0 Å². The Morgan fingerprint density at radius 3 is 2.67 bits per heavy atom. The van der Waals surface area contributed by atoms with Gasteiger partial charge in [0, 0.05) is 16.7 Å². The zero-order chi connectivity index (χ0) is 13.1. The number of carbonyl (C=O) groups is 1. The van der Waals surface area contributed by atoms with Gasteiger partial charge in [-0.25, -0.2) is 4.39 Å². The first-order valence-corrected chi connectivity index (χ1v) is 5.81. The fourth-order valence-electron chi connectivity index (χ4n) is 1.34. The van der Waals surface area contributed by atoms with E-state index in [-0.39, 0.29) is 5.56 Å². The first kappa shape index (κ1) is 12.5. The first-order valence-electron chi connectivity index (χ1n) is 5.01. The summed E-state index contributed by atoms with van der Waals surface area (Å²) in [5, 5.41) is 2.60. The number of carbonyl (C=O) groups excluding carboxylic acids is 1. The Hall–Kier alpha value is -1.95. The highest BCUT2D eigenvalue weighted by atomic mass is 79.9. The number of amides is 1. The number of halogens is 2. The smallest absolute Gasteiger partial charge is 0.257 e. The van der Waals surface area contributed by atoms with Crippen molar-refractivity contribution in [2.75, 3.05) is 5.32 Å². The van der Waals surface area contributed by atoms with Gasteiger partial charge in [0.2, 0.25) is 5.56 Å². The summed E-state index contributed by atoms with van der Waals surface area (Å²) in [6.07, 6.45) is 1.31. The third-order valence-electron chi connectivity index (χ3n) is 2.23. The molecule has 0 radical (unpaired) electrons. The maximum absolute atomic E-state index is 12.9. The molecule has 1 aromatic heterocycles. The molecule has 92 valence electrons. The van der Waals surface area contributed by atoms with E-state index >= 15 is 0 Å². The number of nitrogens with one attached hydrogen (secondary N) is 2. The first-order chi connectivity index (χ1) is 8.56. The van der Waals surface area contributed by atoms with E-state index in [0.29, 0.717) is 15.7 Å². The van der Waals surface area contributed by atoms with E-state index in [4.69, 9.17) is 0 Å². The predicted molar refractivity (Wildman–Crippen MR) is 69.1 cm³/mol. The molecular weight excluding hydrogens is 303 g/mol. The van der Waals surface area contributed by atoms with Crippen LogP contribution in [0.15, 0.2) is 45.8 Å². The van der Waals surface area contributed by atoms with Crippen LogP contribution in [0.2, 0.25) is 0 Å². The van der Waals surface area contributed by atoms with E-state index in [1.165, 1.54) is 36.5 Å². The molecule has 0 atom stereocenters. The van der Waals surface area contributed by atoms with Crippen molar-refractivity contribution in [3.63, 3.8) is 0 Å². The van der Waals surface area contributed by atoms with Crippen LogP contribution in [0.25, 0.3) is 0 Å². The second-order valence-electron chi connectivity index (χ2n) is 3.52. The van der Waals surface area contributed by atoms with Crippen molar-refractivity contribution in [2.24, 2.45) is 0 Å². The SMILES string of the molecule is O=C(Nc1ccc(F)cc1Br)c1ccc(=O)[nH]c1. The molecule has 2 rings (SSSR count). The van der Waals surface area contributed by atoms with Crippen molar-refractivity contribution in [3.05, 3.63) is 62.7 Å². The quantitative estimate of drug-likeness (QED) is 0.895. The molecular formula is C12H8BrFN2O2. The van der Waals surface area contributed by atoms with Crippen LogP contribution in [0, 0.1) is 5.82 Å². The summed E-state index contributed by atoms with van der Waals surface area (Å²) in [6, 6.07) is 6.61. The molecule has 1 aromatic carbocycles. The number of hydrogen-bond donors (Lipinski definition) is 2. The summed E-state index contributed by atoms with van der Waals surface area (Å²) in [6.45, 7) is 0. The number of aromatic amines is 1. The summed E-state index contributed by atoms with van der Waals surface area (Å²) in [5.74, 6) is -0.789. The van der Waals surface area contributed by atoms with Crippen molar-refractivity contribution < 1.29 is 9.18 Å². The predicted octanol–water partition coefficient (Wildman–Crippen LogP) is 2.53. The van der Waals surface area contributed by atoms with Gasteiger partial charge in [-0.05, 0) is 40.2 Å². The number of pyridine rings is 1. The fourth-order valence-corrected chi connectivity index (χ4v) is 1.79. The zero-order valence-electron chi connectivity index (χ0n) is 9.04. The summed E-state index contributed by atoms with van der Waals surface area (Å²) >= 11 is 3.15. The fraction of sp³-hybridized carbons (Fsp3) is 0. The van der Waals surface area contributed by atoms with Gasteiger partial charge >= 0.3 is 0 Å². The van der Waals surface area contributed by atoms with E-state index in [1.807, 2.05) is 0 Å². The highest BCUT2D eigenvalue weighted by molar-refractivity contribution is 9.10. The van der Waals surface area contributed by atoms with E-state index in [2.05, 4.69) is 26.2 Å². The Bertz CT molecular complexity index is 634. The maximum Gasteiger partial charge on any atom is 0.257 e. The zero-order valence-corrected chi connectivity index (χ0v) is 10.6. The standard InChI is InChI=1S/C12H8BrFN2O2/c13-9-5-8(14)2-3-10(9)16-12(18)7-1-4-11(17)15-6-7/h1-6H,(H,15,17)(H,16,18). The summed E-state index contributed by atoms with van der Waals surface area (Å²) < 4.78 is 13.3. The van der Waals surface area contributed by atoms with Crippen molar-refractivity contribution in [1.29, 1.82) is 0 Å². The number of aromatic nitrogens is 1. The number of hydrogen-bond acceptors (Lipinski definition) is 2. The van der Waals surface area contributed by atoms with Gasteiger partial charge in [-0.15, -0.1) is 0 Å². The largest absolute Gasteiger partial charge is 0.328 e. The Kier molecular flexibility index (Phi) is 3.57. The number of H-pyrrole nitrogens is 1. The van der Waals surface area contributed by atoms with Crippen LogP contribution in [0.5, 0.6) is 0 Å². The van der Waals surface area contributed by atoms with Crippen molar-refractivity contribution >= 4 is 27.5 Å². The molecule has 0 saturated carbocycles. The van der Waals surface area contributed by atoms with E-state index in [1.54, 1.807) is 0 Å². The molecule has 0 saturated heterocycles. The van der Waals surface area contributed by atoms with Crippen LogP contribution in [0.3, 0.4) is 0 Å². The molecule has 4 nitrogen and oxygen atoms in total. The average Bonchev–Trinajstić information content (AvgIpc) is 2.33.